The van der Waals surface area contributed by atoms with Gasteiger partial charge in [-0.2, -0.15) is 0 Å². The van der Waals surface area contributed by atoms with Crippen molar-refractivity contribution in [1.29, 1.82) is 0 Å². The van der Waals surface area contributed by atoms with E-state index in [1.807, 2.05) is 0 Å². The summed E-state index contributed by atoms with van der Waals surface area (Å²) in [5.41, 5.74) is 5.67. The van der Waals surface area contributed by atoms with Crippen LogP contribution in [0.15, 0.2) is 29.8 Å². The summed E-state index contributed by atoms with van der Waals surface area (Å²) in [6.45, 7) is 3.50. The Bertz CT molecular complexity index is 882. The fourth-order valence-corrected chi connectivity index (χ4v) is 5.96. The molecule has 5 heterocycles. The molecule has 1 aromatic heterocycles. The molecule has 1 N–H and O–H groups in total. The fraction of sp³-hybridized carbons (Fsp3) is 0.524. The lowest BCUT2D eigenvalue weighted by molar-refractivity contribution is -0.0513. The third-order valence-corrected chi connectivity index (χ3v) is 7.02. The van der Waals surface area contributed by atoms with Gasteiger partial charge < -0.3 is 14.4 Å². The Morgan fingerprint density at radius 3 is 2.92 bits per heavy atom. The molecule has 5 atom stereocenters. The number of aliphatic hydroxyl groups excluding tert-OH is 1. The number of ether oxygens (including phenoxy) is 1. The van der Waals surface area contributed by atoms with Gasteiger partial charge in [0.25, 0.3) is 0 Å². The first-order chi connectivity index (χ1) is 12.2. The van der Waals surface area contributed by atoms with E-state index in [1.165, 1.54) is 27.7 Å². The topological polar surface area (TPSA) is 37.6 Å². The second kappa shape index (κ2) is 5.36. The lowest BCUT2D eigenvalue weighted by Crippen LogP contribution is -2.61. The minimum Gasteiger partial charge on any atom is -0.495 e. The molecule has 0 spiro atoms. The van der Waals surface area contributed by atoms with Gasteiger partial charge in [0.2, 0.25) is 0 Å². The van der Waals surface area contributed by atoms with E-state index in [0.29, 0.717) is 30.5 Å². The molecule has 1 aromatic carbocycles. The number of allylic oxidation sites excluding steroid dienone is 1. The van der Waals surface area contributed by atoms with E-state index in [4.69, 9.17) is 4.74 Å². The minimum atomic E-state index is 0.291. The van der Waals surface area contributed by atoms with Crippen molar-refractivity contribution < 1.29 is 9.84 Å². The molecule has 6 rings (SSSR count). The van der Waals surface area contributed by atoms with E-state index in [1.54, 1.807) is 7.11 Å². The van der Waals surface area contributed by atoms with Gasteiger partial charge in [-0.3, -0.25) is 4.90 Å². The highest BCUT2D eigenvalue weighted by atomic mass is 16.5. The molecule has 132 valence electrons. The molecule has 0 saturated carbocycles. The van der Waals surface area contributed by atoms with Crippen LogP contribution in [0.3, 0.4) is 0 Å². The highest BCUT2D eigenvalue weighted by Gasteiger charge is 2.53. The van der Waals surface area contributed by atoms with Gasteiger partial charge in [0.1, 0.15) is 5.75 Å². The number of rotatable bonds is 2. The number of para-hydroxylation sites is 1. The van der Waals surface area contributed by atoms with Gasteiger partial charge in [-0.1, -0.05) is 23.8 Å². The number of methoxy groups -OCH3 is 1. The van der Waals surface area contributed by atoms with Crippen LogP contribution >= 0.6 is 0 Å². The Kier molecular flexibility index (Phi) is 3.32. The number of piperidine rings is 3. The zero-order chi connectivity index (χ0) is 17.3. The van der Waals surface area contributed by atoms with E-state index in [9.17, 15) is 5.11 Å². The summed E-state index contributed by atoms with van der Waals surface area (Å²) in [6, 6.07) is 7.31. The summed E-state index contributed by atoms with van der Waals surface area (Å²) < 4.78 is 8.02. The SMILES string of the molecule is C/C=C1/CN2[C@H]3C[C@@H]1[C@@H](CO)[C@@H]2Cc1c3n(C)c2c(OC)cccc12. The molecule has 4 heteroatoms. The zero-order valence-electron chi connectivity index (χ0n) is 15.2. The molecule has 0 amide bonds. The highest BCUT2D eigenvalue weighted by Crippen LogP contribution is 2.55. The quantitative estimate of drug-likeness (QED) is 0.855. The van der Waals surface area contributed by atoms with Crippen LogP contribution in [-0.4, -0.2) is 40.9 Å². The zero-order valence-corrected chi connectivity index (χ0v) is 15.2. The van der Waals surface area contributed by atoms with Crippen LogP contribution < -0.4 is 4.74 Å². The van der Waals surface area contributed by atoms with E-state index in [-0.39, 0.29) is 0 Å². The van der Waals surface area contributed by atoms with Crippen molar-refractivity contribution in [3.05, 3.63) is 41.1 Å². The molecule has 3 saturated heterocycles. The smallest absolute Gasteiger partial charge is 0.143 e. The first kappa shape index (κ1) is 15.5. The molecule has 0 aliphatic carbocycles. The fourth-order valence-electron chi connectivity index (χ4n) is 5.96. The summed E-state index contributed by atoms with van der Waals surface area (Å²) in [5, 5.41) is 11.4. The van der Waals surface area contributed by atoms with Gasteiger partial charge in [0.15, 0.2) is 0 Å². The summed E-state index contributed by atoms with van der Waals surface area (Å²) >= 11 is 0. The lowest BCUT2D eigenvalue weighted by atomic mass is 9.64. The average molecular weight is 338 g/mol. The molecule has 4 aliphatic rings. The molecule has 4 aliphatic heterocycles. The van der Waals surface area contributed by atoms with Gasteiger partial charge in [0, 0.05) is 43.2 Å². The number of fused-ring (bicyclic) bond motifs is 4. The number of aliphatic hydroxyl groups is 1. The first-order valence-electron chi connectivity index (χ1n) is 9.35. The predicted molar refractivity (Wildman–Crippen MR) is 98.8 cm³/mol. The predicted octanol–water partition coefficient (Wildman–Crippen LogP) is 3.04. The number of hydrogen-bond donors (Lipinski definition) is 1. The molecular weight excluding hydrogens is 312 g/mol. The maximum absolute atomic E-state index is 10.1. The number of benzene rings is 1. The second-order valence-electron chi connectivity index (χ2n) is 7.79. The maximum Gasteiger partial charge on any atom is 0.143 e. The second-order valence-corrected chi connectivity index (χ2v) is 7.79. The van der Waals surface area contributed by atoms with Gasteiger partial charge in [-0.15, -0.1) is 0 Å². The number of nitrogens with zero attached hydrogens (tertiary/aromatic N) is 2. The van der Waals surface area contributed by atoms with Crippen molar-refractivity contribution in [2.75, 3.05) is 20.3 Å². The maximum atomic E-state index is 10.1. The van der Waals surface area contributed by atoms with Crippen molar-refractivity contribution in [3.63, 3.8) is 0 Å². The van der Waals surface area contributed by atoms with Crippen LogP contribution in [0, 0.1) is 11.8 Å². The Hall–Kier alpha value is -1.78. The molecule has 0 radical (unpaired) electrons. The van der Waals surface area contributed by atoms with Gasteiger partial charge in [-0.05, 0) is 37.3 Å². The van der Waals surface area contributed by atoms with Crippen LogP contribution in [0.1, 0.15) is 30.6 Å². The molecule has 1 unspecified atom stereocenters. The lowest BCUT2D eigenvalue weighted by Gasteiger charge is -2.58. The third kappa shape index (κ3) is 1.84. The number of aryl methyl sites for hydroxylation is 1. The van der Waals surface area contributed by atoms with E-state index >= 15 is 0 Å². The average Bonchev–Trinajstić information content (AvgIpc) is 2.94. The molecule has 3 fully saturated rings. The van der Waals surface area contributed by atoms with Crippen molar-refractivity contribution >= 4 is 10.9 Å². The summed E-state index contributed by atoms with van der Waals surface area (Å²) in [6.07, 6.45) is 4.44. The van der Waals surface area contributed by atoms with Crippen LogP contribution in [0.4, 0.5) is 0 Å². The standard InChI is InChI=1S/C21H26N2O2/c1-4-12-10-23-17-9-15-13-6-5-7-19(25-3)21(13)22(2)20(15)18(23)8-14(12)16(17)11-24/h4-7,14,16-18,24H,8-11H2,1-3H3/b12-4-/t14-,16+,17-,18-/m0/s1. The van der Waals surface area contributed by atoms with Crippen LogP contribution in [-0.2, 0) is 13.5 Å². The Morgan fingerprint density at radius 1 is 1.36 bits per heavy atom. The molecule has 4 bridgehead atoms. The van der Waals surface area contributed by atoms with Gasteiger partial charge >= 0.3 is 0 Å². The summed E-state index contributed by atoms with van der Waals surface area (Å²) in [5.74, 6) is 1.85. The molecular formula is C21H26N2O2. The van der Waals surface area contributed by atoms with Crippen molar-refractivity contribution in [3.8, 4) is 5.75 Å². The Morgan fingerprint density at radius 2 is 2.20 bits per heavy atom. The van der Waals surface area contributed by atoms with Crippen molar-refractivity contribution in [1.82, 2.24) is 9.47 Å². The first-order valence-corrected chi connectivity index (χ1v) is 9.35. The molecule has 2 aromatic rings. The van der Waals surface area contributed by atoms with E-state index in [0.717, 1.165) is 25.1 Å². The van der Waals surface area contributed by atoms with Gasteiger partial charge in [0.05, 0.1) is 18.7 Å². The molecule has 4 nitrogen and oxygen atoms in total. The summed E-state index contributed by atoms with van der Waals surface area (Å²) in [4.78, 5) is 2.66. The minimum absolute atomic E-state index is 0.291. The largest absolute Gasteiger partial charge is 0.495 e. The third-order valence-electron chi connectivity index (χ3n) is 7.02. The molecule has 25 heavy (non-hydrogen) atoms. The number of hydrogen-bond acceptors (Lipinski definition) is 3. The Labute approximate surface area is 148 Å². The van der Waals surface area contributed by atoms with Gasteiger partial charge in [-0.25, -0.2) is 0 Å². The summed E-state index contributed by atoms with van der Waals surface area (Å²) in [7, 11) is 3.94. The van der Waals surface area contributed by atoms with E-state index < -0.39 is 0 Å². The van der Waals surface area contributed by atoms with E-state index in [2.05, 4.69) is 47.7 Å². The van der Waals surface area contributed by atoms with Crippen molar-refractivity contribution in [2.24, 2.45) is 18.9 Å². The number of aromatic nitrogens is 1. The van der Waals surface area contributed by atoms with Crippen LogP contribution in [0.5, 0.6) is 5.75 Å². The normalized spacial score (nSPS) is 34.6. The highest BCUT2D eigenvalue weighted by molar-refractivity contribution is 5.91. The van der Waals surface area contributed by atoms with Crippen LogP contribution in [0.25, 0.3) is 10.9 Å². The Balaban J connectivity index is 1.73. The monoisotopic (exact) mass is 338 g/mol. The van der Waals surface area contributed by atoms with Crippen LogP contribution in [0.2, 0.25) is 0 Å². The van der Waals surface area contributed by atoms with Crippen molar-refractivity contribution in [2.45, 2.75) is 31.8 Å².